The monoisotopic (exact) mass is 293 g/mol. The van der Waals surface area contributed by atoms with Crippen molar-refractivity contribution in [3.63, 3.8) is 0 Å². The number of fused-ring (bicyclic) bond motifs is 1. The van der Waals surface area contributed by atoms with Crippen LogP contribution in [0.3, 0.4) is 0 Å². The van der Waals surface area contributed by atoms with Gasteiger partial charge in [-0.2, -0.15) is 5.26 Å². The minimum atomic E-state index is 0.219. The summed E-state index contributed by atoms with van der Waals surface area (Å²) in [4.78, 5) is 14.3. The van der Waals surface area contributed by atoms with Gasteiger partial charge in [0.2, 0.25) is 0 Å². The average molecular weight is 293 g/mol. The van der Waals surface area contributed by atoms with E-state index in [0.717, 1.165) is 5.70 Å². The molecule has 0 radical (unpaired) electrons. The van der Waals surface area contributed by atoms with Gasteiger partial charge >= 0.3 is 0 Å². The molecule has 2 aliphatic rings. The van der Waals surface area contributed by atoms with Crippen molar-refractivity contribution in [3.8, 4) is 6.07 Å². The van der Waals surface area contributed by atoms with Gasteiger partial charge in [-0.1, -0.05) is 0 Å². The summed E-state index contributed by atoms with van der Waals surface area (Å²) in [5, 5.41) is 9.05. The van der Waals surface area contributed by atoms with Gasteiger partial charge in [-0.3, -0.25) is 15.0 Å². The van der Waals surface area contributed by atoms with Crippen LogP contribution >= 0.6 is 0 Å². The Kier molecular flexibility index (Phi) is 6.13. The maximum absolute atomic E-state index is 9.05. The summed E-state index contributed by atoms with van der Waals surface area (Å²) in [6.45, 7) is 0.750. The van der Waals surface area contributed by atoms with Crippen molar-refractivity contribution in [1.29, 1.82) is 5.26 Å². The molecule has 0 bridgehead atoms. The van der Waals surface area contributed by atoms with E-state index >= 15 is 0 Å². The first-order valence-corrected chi connectivity index (χ1v) is 6.62. The van der Waals surface area contributed by atoms with Crippen LogP contribution in [0.15, 0.2) is 75.4 Å². The molecular weight excluding hydrogens is 278 g/mol. The van der Waals surface area contributed by atoms with Crippen molar-refractivity contribution in [3.05, 3.63) is 60.4 Å². The fraction of sp³-hybridized carbons (Fsp3) is 0.125. The molecule has 0 aromatic carbocycles. The average Bonchev–Trinajstić information content (AvgIpc) is 2.97. The van der Waals surface area contributed by atoms with Crippen molar-refractivity contribution in [2.24, 2.45) is 15.0 Å². The minimum absolute atomic E-state index is 0.219. The Morgan fingerprint density at radius 2 is 2.09 bits per heavy atom. The number of rotatable bonds is 0. The molecule has 0 saturated heterocycles. The second-order valence-corrected chi connectivity index (χ2v) is 4.20. The highest BCUT2D eigenvalue weighted by atomic mass is 16.5. The van der Waals surface area contributed by atoms with Gasteiger partial charge in [0, 0.05) is 31.0 Å². The molecule has 0 saturated carbocycles. The summed E-state index contributed by atoms with van der Waals surface area (Å²) >= 11 is 0. The lowest BCUT2D eigenvalue weighted by molar-refractivity contribution is 0.284. The fourth-order valence-corrected chi connectivity index (χ4v) is 1.58. The molecule has 6 heteroatoms. The highest BCUT2D eigenvalue weighted by Crippen LogP contribution is 2.10. The minimum Gasteiger partial charge on any atom is -0.496 e. The molecule has 6 nitrogen and oxygen atoms in total. The zero-order chi connectivity index (χ0) is 15.5. The van der Waals surface area contributed by atoms with Gasteiger partial charge in [-0.05, 0) is 24.3 Å². The van der Waals surface area contributed by atoms with Crippen molar-refractivity contribution in [2.45, 2.75) is 0 Å². The highest BCUT2D eigenvalue weighted by Gasteiger charge is 2.08. The molecule has 0 spiro atoms. The third-order valence-electron chi connectivity index (χ3n) is 2.64. The van der Waals surface area contributed by atoms with Crippen LogP contribution in [0.25, 0.3) is 0 Å². The number of aliphatic imine (C=N–C) groups is 3. The third-order valence-corrected chi connectivity index (χ3v) is 2.64. The van der Waals surface area contributed by atoms with Crippen LogP contribution in [0.5, 0.6) is 0 Å². The quantitative estimate of drug-likeness (QED) is 0.688. The Labute approximate surface area is 129 Å². The lowest BCUT2D eigenvalue weighted by atomic mass is 10.3. The highest BCUT2D eigenvalue weighted by molar-refractivity contribution is 6.16. The SMILES string of the molecule is N#CC1=CC=CN2CN=CC2=CN=CC=NC=CC=COC1. The zero-order valence-electron chi connectivity index (χ0n) is 11.9. The van der Waals surface area contributed by atoms with Crippen molar-refractivity contribution >= 4 is 18.6 Å². The molecule has 0 aliphatic carbocycles. The summed E-state index contributed by atoms with van der Waals surface area (Å²) in [5.41, 5.74) is 1.39. The molecule has 0 amide bonds. The first-order chi connectivity index (χ1) is 10.9. The molecule has 22 heavy (non-hydrogen) atoms. The number of nitriles is 1. The van der Waals surface area contributed by atoms with Gasteiger partial charge in [0.15, 0.2) is 0 Å². The van der Waals surface area contributed by atoms with Gasteiger partial charge in [0.25, 0.3) is 0 Å². The van der Waals surface area contributed by atoms with Gasteiger partial charge in [-0.25, -0.2) is 0 Å². The summed E-state index contributed by atoms with van der Waals surface area (Å²) in [5.74, 6) is 0. The molecular formula is C16H15N5O. The lowest BCUT2D eigenvalue weighted by Crippen LogP contribution is -2.10. The van der Waals surface area contributed by atoms with E-state index in [1.165, 1.54) is 6.26 Å². The van der Waals surface area contributed by atoms with E-state index in [1.807, 2.05) is 11.1 Å². The second-order valence-electron chi connectivity index (χ2n) is 4.20. The standard InChI is InChI=1S/C16H15N5O/c17-10-15-4-3-8-21-14-20-12-16(21)11-19-7-6-18-5-1-2-9-22-13-15/h1-9,11-12H,13-14H2. The normalized spacial score (nSPS) is 18.2. The smallest absolute Gasteiger partial charge is 0.122 e. The van der Waals surface area contributed by atoms with Crippen molar-refractivity contribution < 1.29 is 4.74 Å². The predicted molar refractivity (Wildman–Crippen MR) is 87.3 cm³/mol. The van der Waals surface area contributed by atoms with E-state index in [9.17, 15) is 0 Å². The largest absolute Gasteiger partial charge is 0.496 e. The Bertz CT molecular complexity index is 657. The van der Waals surface area contributed by atoms with E-state index in [1.54, 1.807) is 55.3 Å². The maximum atomic E-state index is 9.05. The van der Waals surface area contributed by atoms with Crippen LogP contribution in [-0.4, -0.2) is 36.8 Å². The van der Waals surface area contributed by atoms with Gasteiger partial charge in [-0.15, -0.1) is 0 Å². The van der Waals surface area contributed by atoms with Crippen LogP contribution < -0.4 is 0 Å². The van der Waals surface area contributed by atoms with Crippen LogP contribution in [0.2, 0.25) is 0 Å². The summed E-state index contributed by atoms with van der Waals surface area (Å²) in [7, 11) is 0. The van der Waals surface area contributed by atoms with E-state index in [4.69, 9.17) is 10.00 Å². The third kappa shape index (κ3) is 5.06. The summed E-state index contributed by atoms with van der Waals surface area (Å²) in [6.07, 6.45) is 18.5. The Balaban J connectivity index is 2.18. The number of hydrogen-bond acceptors (Lipinski definition) is 6. The fourth-order valence-electron chi connectivity index (χ4n) is 1.58. The number of hydrogen-bond donors (Lipinski definition) is 0. The van der Waals surface area contributed by atoms with E-state index in [2.05, 4.69) is 21.0 Å². The molecule has 0 atom stereocenters. The lowest BCUT2D eigenvalue weighted by Gasteiger charge is -2.11. The summed E-state index contributed by atoms with van der Waals surface area (Å²) < 4.78 is 5.26. The summed E-state index contributed by atoms with van der Waals surface area (Å²) in [6, 6.07) is 2.10. The zero-order valence-corrected chi connectivity index (χ0v) is 11.9. The topological polar surface area (TPSA) is 73.3 Å². The maximum Gasteiger partial charge on any atom is 0.122 e. The number of allylic oxidation sites excluding steroid dienone is 5. The predicted octanol–water partition coefficient (Wildman–Crippen LogP) is 2.33. The molecule has 2 heterocycles. The second kappa shape index (κ2) is 8.87. The number of nitrogens with zero attached hydrogens (tertiary/aromatic N) is 5. The van der Waals surface area contributed by atoms with Crippen LogP contribution in [0.1, 0.15) is 0 Å². The van der Waals surface area contributed by atoms with E-state index in [0.29, 0.717) is 12.2 Å². The van der Waals surface area contributed by atoms with Crippen LogP contribution in [0, 0.1) is 11.3 Å². The van der Waals surface area contributed by atoms with E-state index in [-0.39, 0.29) is 6.61 Å². The Hall–Kier alpha value is -3.20. The van der Waals surface area contributed by atoms with Crippen LogP contribution in [0.4, 0.5) is 0 Å². The molecule has 2 rings (SSSR count). The first-order valence-electron chi connectivity index (χ1n) is 6.62. The molecule has 2 aliphatic heterocycles. The van der Waals surface area contributed by atoms with Crippen molar-refractivity contribution in [1.82, 2.24) is 4.90 Å². The number of ether oxygens (including phenoxy) is 1. The molecule has 0 aromatic heterocycles. The molecule has 0 unspecified atom stereocenters. The van der Waals surface area contributed by atoms with Crippen molar-refractivity contribution in [2.75, 3.05) is 13.3 Å². The molecule has 110 valence electrons. The molecule has 0 aromatic rings. The first kappa shape index (κ1) is 15.2. The van der Waals surface area contributed by atoms with Gasteiger partial charge in [0.05, 0.1) is 29.8 Å². The van der Waals surface area contributed by atoms with E-state index < -0.39 is 0 Å². The Morgan fingerprint density at radius 1 is 1.18 bits per heavy atom. The van der Waals surface area contributed by atoms with Gasteiger partial charge < -0.3 is 9.64 Å². The molecule has 0 fully saturated rings. The molecule has 0 N–H and O–H groups in total. The Morgan fingerprint density at radius 3 is 3.00 bits per heavy atom. The van der Waals surface area contributed by atoms with Crippen LogP contribution in [-0.2, 0) is 4.74 Å². The van der Waals surface area contributed by atoms with Gasteiger partial charge in [0.1, 0.15) is 13.3 Å².